The van der Waals surface area contributed by atoms with Gasteiger partial charge in [0.25, 0.3) is 0 Å². The molecule has 2 nitrogen and oxygen atoms in total. The SMILES string of the molecule is Oc1sc(O)c2sccc12. The Hall–Kier alpha value is -0.740. The van der Waals surface area contributed by atoms with E-state index in [9.17, 15) is 0 Å². The second kappa shape index (κ2) is 1.87. The van der Waals surface area contributed by atoms with E-state index in [1.54, 1.807) is 6.07 Å². The normalized spacial score (nSPS) is 10.8. The van der Waals surface area contributed by atoms with E-state index in [4.69, 9.17) is 10.2 Å². The summed E-state index contributed by atoms with van der Waals surface area (Å²) in [5, 5.41) is 21.3. The van der Waals surface area contributed by atoms with Gasteiger partial charge < -0.3 is 10.2 Å². The summed E-state index contributed by atoms with van der Waals surface area (Å²) in [6.07, 6.45) is 0. The Morgan fingerprint density at radius 1 is 1.20 bits per heavy atom. The van der Waals surface area contributed by atoms with Gasteiger partial charge in [-0.15, -0.1) is 11.3 Å². The van der Waals surface area contributed by atoms with Crippen LogP contribution in [0.2, 0.25) is 0 Å². The van der Waals surface area contributed by atoms with E-state index in [0.29, 0.717) is 0 Å². The lowest BCUT2D eigenvalue weighted by Gasteiger charge is -1.75. The molecule has 0 unspecified atom stereocenters. The van der Waals surface area contributed by atoms with Gasteiger partial charge in [0.15, 0.2) is 10.1 Å². The molecule has 0 amide bonds. The van der Waals surface area contributed by atoms with Gasteiger partial charge in [0, 0.05) is 5.39 Å². The van der Waals surface area contributed by atoms with Crippen LogP contribution < -0.4 is 0 Å². The standard InChI is InChI=1S/C6H4O2S2/c7-5-3-1-2-9-4(3)6(8)10-5/h1-2,7-8H. The molecule has 0 aliphatic carbocycles. The molecule has 0 radical (unpaired) electrons. The molecule has 2 aromatic rings. The second-order valence-electron chi connectivity index (χ2n) is 1.88. The fourth-order valence-electron chi connectivity index (χ4n) is 0.836. The maximum Gasteiger partial charge on any atom is 0.192 e. The average Bonchev–Trinajstić information content (AvgIpc) is 2.39. The van der Waals surface area contributed by atoms with Crippen molar-refractivity contribution < 1.29 is 10.2 Å². The molecule has 2 aromatic heterocycles. The van der Waals surface area contributed by atoms with Gasteiger partial charge in [-0.25, -0.2) is 0 Å². The van der Waals surface area contributed by atoms with E-state index in [-0.39, 0.29) is 10.1 Å². The lowest BCUT2D eigenvalue weighted by atomic mass is 10.4. The zero-order chi connectivity index (χ0) is 7.14. The maximum absolute atomic E-state index is 9.15. The smallest absolute Gasteiger partial charge is 0.192 e. The molecular formula is C6H4O2S2. The number of hydrogen-bond donors (Lipinski definition) is 2. The summed E-state index contributed by atoms with van der Waals surface area (Å²) in [6, 6.07) is 1.80. The predicted octanol–water partition coefficient (Wildman–Crippen LogP) is 2.37. The lowest BCUT2D eigenvalue weighted by Crippen LogP contribution is -1.47. The lowest BCUT2D eigenvalue weighted by molar-refractivity contribution is 0.491. The highest BCUT2D eigenvalue weighted by molar-refractivity contribution is 7.25. The summed E-state index contributed by atoms with van der Waals surface area (Å²) in [6.45, 7) is 0. The molecule has 0 saturated heterocycles. The van der Waals surface area contributed by atoms with E-state index in [0.717, 1.165) is 21.4 Å². The molecular weight excluding hydrogens is 168 g/mol. The number of fused-ring (bicyclic) bond motifs is 1. The molecule has 0 aliphatic rings. The van der Waals surface area contributed by atoms with E-state index >= 15 is 0 Å². The largest absolute Gasteiger partial charge is 0.499 e. The van der Waals surface area contributed by atoms with Gasteiger partial charge in [-0.1, -0.05) is 11.3 Å². The molecule has 0 spiro atoms. The molecule has 2 rings (SSSR count). The summed E-state index contributed by atoms with van der Waals surface area (Å²) < 4.78 is 0.780. The van der Waals surface area contributed by atoms with Crippen LogP contribution in [0.5, 0.6) is 10.1 Å². The topological polar surface area (TPSA) is 40.5 Å². The highest BCUT2D eigenvalue weighted by Gasteiger charge is 2.09. The van der Waals surface area contributed by atoms with Crippen LogP contribution in [-0.4, -0.2) is 10.2 Å². The van der Waals surface area contributed by atoms with E-state index in [1.807, 2.05) is 5.38 Å². The Kier molecular flexibility index (Phi) is 1.12. The van der Waals surface area contributed by atoms with Crippen LogP contribution in [0.4, 0.5) is 0 Å². The summed E-state index contributed by atoms with van der Waals surface area (Å²) in [5.41, 5.74) is 0. The van der Waals surface area contributed by atoms with Crippen molar-refractivity contribution in [2.75, 3.05) is 0 Å². The van der Waals surface area contributed by atoms with Gasteiger partial charge in [-0.2, -0.15) is 0 Å². The highest BCUT2D eigenvalue weighted by atomic mass is 32.1. The third kappa shape index (κ3) is 0.629. The van der Waals surface area contributed by atoms with E-state index in [2.05, 4.69) is 0 Å². The number of thiophene rings is 2. The van der Waals surface area contributed by atoms with Crippen molar-refractivity contribution in [2.24, 2.45) is 0 Å². The Balaban J connectivity index is 2.98. The van der Waals surface area contributed by atoms with E-state index < -0.39 is 0 Å². The monoisotopic (exact) mass is 172 g/mol. The first-order chi connectivity index (χ1) is 4.79. The van der Waals surface area contributed by atoms with Crippen LogP contribution in [0.3, 0.4) is 0 Å². The Morgan fingerprint density at radius 2 is 2.00 bits per heavy atom. The van der Waals surface area contributed by atoms with Crippen molar-refractivity contribution in [2.45, 2.75) is 0 Å². The van der Waals surface area contributed by atoms with Crippen molar-refractivity contribution in [3.8, 4) is 10.1 Å². The predicted molar refractivity (Wildman–Crippen MR) is 43.0 cm³/mol. The number of aromatic hydroxyl groups is 2. The van der Waals surface area contributed by atoms with Crippen LogP contribution in [0.25, 0.3) is 10.1 Å². The van der Waals surface area contributed by atoms with Gasteiger partial charge >= 0.3 is 0 Å². The molecule has 0 bridgehead atoms. The zero-order valence-electron chi connectivity index (χ0n) is 4.87. The summed E-state index contributed by atoms with van der Waals surface area (Å²) in [5.74, 6) is 0. The van der Waals surface area contributed by atoms with Crippen LogP contribution in [0.1, 0.15) is 0 Å². The average molecular weight is 172 g/mol. The van der Waals surface area contributed by atoms with Gasteiger partial charge in [0.2, 0.25) is 0 Å². The highest BCUT2D eigenvalue weighted by Crippen LogP contribution is 2.44. The van der Waals surface area contributed by atoms with Crippen LogP contribution in [0.15, 0.2) is 11.4 Å². The van der Waals surface area contributed by atoms with Gasteiger partial charge in [0.1, 0.15) is 0 Å². The first-order valence-corrected chi connectivity index (χ1v) is 4.36. The van der Waals surface area contributed by atoms with Crippen molar-refractivity contribution in [3.63, 3.8) is 0 Å². The summed E-state index contributed by atoms with van der Waals surface area (Å²) in [7, 11) is 0. The Labute approximate surface area is 65.0 Å². The minimum absolute atomic E-state index is 0.203. The van der Waals surface area contributed by atoms with Crippen molar-refractivity contribution >= 4 is 32.8 Å². The second-order valence-corrected chi connectivity index (χ2v) is 3.77. The van der Waals surface area contributed by atoms with Gasteiger partial charge in [-0.3, -0.25) is 0 Å². The first-order valence-electron chi connectivity index (χ1n) is 2.67. The molecule has 2 heterocycles. The molecule has 0 aliphatic heterocycles. The van der Waals surface area contributed by atoms with Crippen LogP contribution >= 0.6 is 22.7 Å². The summed E-state index contributed by atoms with van der Waals surface area (Å²) >= 11 is 2.45. The molecule has 0 fully saturated rings. The van der Waals surface area contributed by atoms with E-state index in [1.165, 1.54) is 11.3 Å². The third-order valence-electron chi connectivity index (χ3n) is 1.28. The molecule has 10 heavy (non-hydrogen) atoms. The zero-order valence-corrected chi connectivity index (χ0v) is 6.50. The number of rotatable bonds is 0. The van der Waals surface area contributed by atoms with Crippen LogP contribution in [-0.2, 0) is 0 Å². The quantitative estimate of drug-likeness (QED) is 0.640. The molecule has 0 saturated carbocycles. The molecule has 4 heteroatoms. The Bertz CT molecular complexity index is 329. The number of hydrogen-bond acceptors (Lipinski definition) is 4. The molecule has 2 N–H and O–H groups in total. The Morgan fingerprint density at radius 3 is 2.70 bits per heavy atom. The fourth-order valence-corrected chi connectivity index (χ4v) is 2.57. The molecule has 0 atom stereocenters. The minimum atomic E-state index is 0.203. The van der Waals surface area contributed by atoms with Crippen molar-refractivity contribution in [3.05, 3.63) is 11.4 Å². The van der Waals surface area contributed by atoms with Gasteiger partial charge in [0.05, 0.1) is 4.70 Å². The maximum atomic E-state index is 9.15. The molecule has 0 aromatic carbocycles. The fraction of sp³-hybridized carbons (Fsp3) is 0. The molecule has 52 valence electrons. The van der Waals surface area contributed by atoms with Crippen LogP contribution in [0, 0.1) is 0 Å². The van der Waals surface area contributed by atoms with Gasteiger partial charge in [-0.05, 0) is 11.4 Å². The van der Waals surface area contributed by atoms with Crippen molar-refractivity contribution in [1.82, 2.24) is 0 Å². The van der Waals surface area contributed by atoms with Crippen molar-refractivity contribution in [1.29, 1.82) is 0 Å². The first kappa shape index (κ1) is 6.00. The minimum Gasteiger partial charge on any atom is -0.499 e. The summed E-state index contributed by atoms with van der Waals surface area (Å²) in [4.78, 5) is 0. The third-order valence-corrected chi connectivity index (χ3v) is 3.14.